The summed E-state index contributed by atoms with van der Waals surface area (Å²) < 4.78 is 5.55. The Morgan fingerprint density at radius 2 is 2.38 bits per heavy atom. The van der Waals surface area contributed by atoms with Crippen molar-refractivity contribution in [1.29, 1.82) is 0 Å². The zero-order chi connectivity index (χ0) is 11.5. The smallest absolute Gasteiger partial charge is 0.0969 e. The van der Waals surface area contributed by atoms with Crippen LogP contribution in [0.5, 0.6) is 0 Å². The van der Waals surface area contributed by atoms with Gasteiger partial charge in [0.25, 0.3) is 0 Å². The lowest BCUT2D eigenvalue weighted by atomic mass is 10.1. The summed E-state index contributed by atoms with van der Waals surface area (Å²) >= 11 is 1.23. The quantitative estimate of drug-likeness (QED) is 0.866. The molecular formula is C10H14N4OS. The van der Waals surface area contributed by atoms with E-state index < -0.39 is 6.10 Å². The first-order valence-electron chi connectivity index (χ1n) is 5.17. The number of hydrogen-bond acceptors (Lipinski definition) is 5. The summed E-state index contributed by atoms with van der Waals surface area (Å²) in [4.78, 5) is 0.791. The van der Waals surface area contributed by atoms with Gasteiger partial charge >= 0.3 is 0 Å². The minimum Gasteiger partial charge on any atom is -0.387 e. The lowest BCUT2D eigenvalue weighted by molar-refractivity contribution is 0.179. The summed E-state index contributed by atoms with van der Waals surface area (Å²) in [6.07, 6.45) is 2.52. The normalized spacial score (nSPS) is 12.9. The fourth-order valence-corrected chi connectivity index (χ4v) is 2.04. The molecule has 6 heteroatoms. The molecule has 2 aromatic heterocycles. The van der Waals surface area contributed by atoms with E-state index in [4.69, 9.17) is 0 Å². The molecule has 0 saturated carbocycles. The average molecular weight is 238 g/mol. The van der Waals surface area contributed by atoms with Gasteiger partial charge in [-0.1, -0.05) is 11.4 Å². The lowest BCUT2D eigenvalue weighted by Crippen LogP contribution is -2.05. The van der Waals surface area contributed by atoms with Crippen molar-refractivity contribution in [3.05, 3.63) is 28.5 Å². The van der Waals surface area contributed by atoms with Crippen LogP contribution in [-0.4, -0.2) is 24.5 Å². The molecule has 0 fully saturated rings. The molecule has 5 nitrogen and oxygen atoms in total. The summed E-state index contributed by atoms with van der Waals surface area (Å²) in [5, 5.41) is 18.0. The second-order valence-corrected chi connectivity index (χ2v) is 4.46. The van der Waals surface area contributed by atoms with Crippen LogP contribution < -0.4 is 0 Å². The molecule has 2 aromatic rings. The molecule has 0 aromatic carbocycles. The van der Waals surface area contributed by atoms with E-state index in [-0.39, 0.29) is 0 Å². The summed E-state index contributed by atoms with van der Waals surface area (Å²) in [5.41, 5.74) is 2.07. The molecule has 16 heavy (non-hydrogen) atoms. The Balaban J connectivity index is 2.11. The molecule has 2 rings (SSSR count). The predicted octanol–water partition coefficient (Wildman–Crippen LogP) is 1.11. The molecule has 0 aliphatic heterocycles. The summed E-state index contributed by atoms with van der Waals surface area (Å²) in [6, 6.07) is 2.03. The van der Waals surface area contributed by atoms with E-state index in [0.29, 0.717) is 6.42 Å². The van der Waals surface area contributed by atoms with Crippen LogP contribution >= 0.6 is 11.5 Å². The molecular weight excluding hydrogens is 224 g/mol. The molecule has 0 saturated heterocycles. The van der Waals surface area contributed by atoms with Crippen LogP contribution in [0.15, 0.2) is 12.3 Å². The van der Waals surface area contributed by atoms with Crippen LogP contribution in [0.2, 0.25) is 0 Å². The van der Waals surface area contributed by atoms with Gasteiger partial charge in [0.05, 0.1) is 22.9 Å². The van der Waals surface area contributed by atoms with Crippen LogP contribution in [0, 0.1) is 0 Å². The third kappa shape index (κ3) is 2.28. The Labute approximate surface area is 97.9 Å². The van der Waals surface area contributed by atoms with Gasteiger partial charge in [-0.3, -0.25) is 4.68 Å². The molecule has 0 amide bonds. The second-order valence-electron chi connectivity index (χ2n) is 3.64. The molecule has 86 valence electrons. The maximum absolute atomic E-state index is 9.96. The number of nitrogens with zero attached hydrogens (tertiary/aromatic N) is 4. The van der Waals surface area contributed by atoms with Crippen molar-refractivity contribution >= 4 is 11.5 Å². The number of aliphatic hydroxyl groups is 1. The number of aryl methyl sites for hydroxylation is 2. The Morgan fingerprint density at radius 3 is 2.94 bits per heavy atom. The van der Waals surface area contributed by atoms with Gasteiger partial charge in [0.2, 0.25) is 0 Å². The second kappa shape index (κ2) is 4.71. The van der Waals surface area contributed by atoms with Gasteiger partial charge in [-0.05, 0) is 24.0 Å². The minimum absolute atomic E-state index is 0.542. The van der Waals surface area contributed by atoms with Gasteiger partial charge in [-0.2, -0.15) is 5.10 Å². The van der Waals surface area contributed by atoms with Crippen LogP contribution in [-0.2, 0) is 19.9 Å². The average Bonchev–Trinajstić information content (AvgIpc) is 2.88. The summed E-state index contributed by atoms with van der Waals surface area (Å²) in [5.74, 6) is 0. The Morgan fingerprint density at radius 1 is 1.56 bits per heavy atom. The van der Waals surface area contributed by atoms with E-state index in [1.165, 1.54) is 11.5 Å². The van der Waals surface area contributed by atoms with E-state index in [1.807, 2.05) is 17.8 Å². The van der Waals surface area contributed by atoms with Gasteiger partial charge in [-0.15, -0.1) is 5.10 Å². The molecule has 1 N–H and O–H groups in total. The number of rotatable bonds is 4. The van der Waals surface area contributed by atoms with Gasteiger partial charge in [-0.25, -0.2) is 0 Å². The van der Waals surface area contributed by atoms with Gasteiger partial charge in [0.15, 0.2) is 0 Å². The molecule has 1 atom stereocenters. The van der Waals surface area contributed by atoms with Crippen molar-refractivity contribution in [2.24, 2.45) is 7.05 Å². The molecule has 1 unspecified atom stereocenters. The first kappa shape index (κ1) is 11.2. The largest absolute Gasteiger partial charge is 0.387 e. The predicted molar refractivity (Wildman–Crippen MR) is 61.2 cm³/mol. The number of hydrogen-bond donors (Lipinski definition) is 1. The zero-order valence-electron chi connectivity index (χ0n) is 9.29. The highest BCUT2D eigenvalue weighted by Crippen LogP contribution is 2.20. The third-order valence-corrected chi connectivity index (χ3v) is 3.26. The fourth-order valence-electron chi connectivity index (χ4n) is 1.56. The molecule has 0 spiro atoms. The maximum Gasteiger partial charge on any atom is 0.0969 e. The van der Waals surface area contributed by atoms with Gasteiger partial charge < -0.3 is 5.11 Å². The monoisotopic (exact) mass is 238 g/mol. The van der Waals surface area contributed by atoms with E-state index in [2.05, 4.69) is 21.6 Å². The van der Waals surface area contributed by atoms with Crippen molar-refractivity contribution in [3.8, 4) is 0 Å². The minimum atomic E-state index is -0.542. The molecule has 0 bridgehead atoms. The summed E-state index contributed by atoms with van der Waals surface area (Å²) in [7, 11) is 1.89. The topological polar surface area (TPSA) is 63.8 Å². The Bertz CT molecular complexity index is 451. The Kier molecular flexibility index (Phi) is 3.31. The number of aliphatic hydroxyl groups excluding tert-OH is 1. The maximum atomic E-state index is 9.96. The lowest BCUT2D eigenvalue weighted by Gasteiger charge is -2.06. The van der Waals surface area contributed by atoms with Crippen molar-refractivity contribution < 1.29 is 5.11 Å². The van der Waals surface area contributed by atoms with Crippen molar-refractivity contribution in [2.75, 3.05) is 0 Å². The number of aromatic nitrogens is 4. The van der Waals surface area contributed by atoms with E-state index >= 15 is 0 Å². The van der Waals surface area contributed by atoms with Crippen LogP contribution in [0.3, 0.4) is 0 Å². The fraction of sp³-hybridized carbons (Fsp3) is 0.500. The first-order valence-corrected chi connectivity index (χ1v) is 5.95. The van der Waals surface area contributed by atoms with Gasteiger partial charge in [0.1, 0.15) is 0 Å². The van der Waals surface area contributed by atoms with Gasteiger partial charge in [0, 0.05) is 19.2 Å². The van der Waals surface area contributed by atoms with Crippen molar-refractivity contribution in [1.82, 2.24) is 19.4 Å². The van der Waals surface area contributed by atoms with Crippen LogP contribution in [0.1, 0.15) is 29.3 Å². The Hall–Kier alpha value is -1.27. The van der Waals surface area contributed by atoms with Crippen LogP contribution in [0.4, 0.5) is 0 Å². The van der Waals surface area contributed by atoms with E-state index in [9.17, 15) is 5.11 Å². The van der Waals surface area contributed by atoms with Crippen LogP contribution in [0.25, 0.3) is 0 Å². The third-order valence-electron chi connectivity index (χ3n) is 2.50. The first-order chi connectivity index (χ1) is 7.70. The van der Waals surface area contributed by atoms with Crippen molar-refractivity contribution in [2.45, 2.75) is 25.9 Å². The molecule has 0 aliphatic carbocycles. The van der Waals surface area contributed by atoms with E-state index in [0.717, 1.165) is 22.7 Å². The SMILES string of the molecule is CCc1cc(CC(O)c2cnns2)n(C)n1. The zero-order valence-corrected chi connectivity index (χ0v) is 10.1. The molecule has 0 radical (unpaired) electrons. The van der Waals surface area contributed by atoms with E-state index in [1.54, 1.807) is 6.20 Å². The molecule has 0 aliphatic rings. The highest BCUT2D eigenvalue weighted by molar-refractivity contribution is 7.05. The highest BCUT2D eigenvalue weighted by atomic mass is 32.1. The molecule has 2 heterocycles. The summed E-state index contributed by atoms with van der Waals surface area (Å²) in [6.45, 7) is 2.07. The van der Waals surface area contributed by atoms with Crippen molar-refractivity contribution in [3.63, 3.8) is 0 Å². The highest BCUT2D eigenvalue weighted by Gasteiger charge is 2.14. The standard InChI is InChI=1S/C10H14N4OS/c1-3-7-4-8(14(2)12-7)5-9(15)10-6-11-13-16-10/h4,6,9,15H,3,5H2,1-2H3.